The first kappa shape index (κ1) is 17.4. The van der Waals surface area contributed by atoms with Gasteiger partial charge in [0.2, 0.25) is 0 Å². The molecule has 1 aliphatic carbocycles. The van der Waals surface area contributed by atoms with Crippen molar-refractivity contribution in [3.05, 3.63) is 64.7 Å². The molecule has 0 aromatic heterocycles. The van der Waals surface area contributed by atoms with Crippen LogP contribution in [0.25, 0.3) is 0 Å². The van der Waals surface area contributed by atoms with E-state index in [0.717, 1.165) is 11.1 Å². The average Bonchev–Trinajstić information content (AvgIpc) is 3.15. The summed E-state index contributed by atoms with van der Waals surface area (Å²) in [5.74, 6) is -0.319. The number of hydrogen-bond acceptors (Lipinski definition) is 4. The van der Waals surface area contributed by atoms with Crippen LogP contribution in [-0.4, -0.2) is 32.9 Å². The highest BCUT2D eigenvalue weighted by molar-refractivity contribution is 7.92. The van der Waals surface area contributed by atoms with E-state index in [2.05, 4.69) is 0 Å². The van der Waals surface area contributed by atoms with Crippen LogP contribution in [0.3, 0.4) is 0 Å². The number of hydrogen-bond donors (Lipinski definition) is 1. The van der Waals surface area contributed by atoms with Crippen molar-refractivity contribution < 1.29 is 13.2 Å². The Balaban J connectivity index is 2.01. The van der Waals surface area contributed by atoms with Crippen molar-refractivity contribution in [3.8, 4) is 0 Å². The standard InChI is InChI=1S/C18H20ClNO3S/c1-12-3-9-15(10-4-12)24(21,22)17-16(18(17,20)11-23-2)13-5-7-14(19)8-6-13/h3-10,16-17H,11,20H2,1-2H3/t16-,17+,18-/m0/s1. The molecule has 1 aliphatic rings. The van der Waals surface area contributed by atoms with Crippen molar-refractivity contribution in [3.63, 3.8) is 0 Å². The Kier molecular flexibility index (Phi) is 4.47. The van der Waals surface area contributed by atoms with E-state index >= 15 is 0 Å². The molecule has 2 aromatic carbocycles. The fourth-order valence-electron chi connectivity index (χ4n) is 3.34. The van der Waals surface area contributed by atoms with Gasteiger partial charge < -0.3 is 10.5 Å². The van der Waals surface area contributed by atoms with Gasteiger partial charge in [-0.3, -0.25) is 0 Å². The molecule has 3 atom stereocenters. The van der Waals surface area contributed by atoms with Crippen LogP contribution in [0.4, 0.5) is 0 Å². The lowest BCUT2D eigenvalue weighted by atomic mass is 10.1. The molecule has 0 spiro atoms. The van der Waals surface area contributed by atoms with E-state index < -0.39 is 20.6 Å². The lowest BCUT2D eigenvalue weighted by Crippen LogP contribution is -2.35. The first-order valence-corrected chi connectivity index (χ1v) is 9.57. The zero-order valence-electron chi connectivity index (χ0n) is 13.6. The Bertz CT molecular complexity index is 834. The molecule has 0 heterocycles. The molecule has 24 heavy (non-hydrogen) atoms. The quantitative estimate of drug-likeness (QED) is 0.884. The van der Waals surface area contributed by atoms with E-state index in [-0.39, 0.29) is 12.5 Å². The van der Waals surface area contributed by atoms with Gasteiger partial charge in [0.15, 0.2) is 9.84 Å². The summed E-state index contributed by atoms with van der Waals surface area (Å²) in [7, 11) is -2.03. The molecule has 6 heteroatoms. The normalized spacial score (nSPS) is 26.3. The minimum absolute atomic E-state index is 0.177. The van der Waals surface area contributed by atoms with Gasteiger partial charge in [0.1, 0.15) is 0 Å². The smallest absolute Gasteiger partial charge is 0.183 e. The van der Waals surface area contributed by atoms with Gasteiger partial charge in [-0.05, 0) is 36.8 Å². The van der Waals surface area contributed by atoms with E-state index in [9.17, 15) is 8.42 Å². The van der Waals surface area contributed by atoms with E-state index in [4.69, 9.17) is 22.1 Å². The first-order chi connectivity index (χ1) is 11.3. The fourth-order valence-corrected chi connectivity index (χ4v) is 5.76. The second-order valence-electron chi connectivity index (χ2n) is 6.35. The lowest BCUT2D eigenvalue weighted by Gasteiger charge is -2.11. The summed E-state index contributed by atoms with van der Waals surface area (Å²) in [5, 5.41) is -0.111. The van der Waals surface area contributed by atoms with Crippen molar-refractivity contribution in [1.82, 2.24) is 0 Å². The van der Waals surface area contributed by atoms with Crippen molar-refractivity contribution in [2.24, 2.45) is 5.73 Å². The Morgan fingerprint density at radius 3 is 2.25 bits per heavy atom. The average molecular weight is 366 g/mol. The third kappa shape index (κ3) is 2.86. The third-order valence-electron chi connectivity index (χ3n) is 4.61. The number of aryl methyl sites for hydroxylation is 1. The van der Waals surface area contributed by atoms with Crippen molar-refractivity contribution in [1.29, 1.82) is 0 Å². The highest BCUT2D eigenvalue weighted by Crippen LogP contribution is 2.55. The van der Waals surface area contributed by atoms with Gasteiger partial charge in [0.05, 0.1) is 22.3 Å². The summed E-state index contributed by atoms with van der Waals surface area (Å²) in [6.45, 7) is 2.10. The van der Waals surface area contributed by atoms with Gasteiger partial charge in [0.25, 0.3) is 0 Å². The van der Waals surface area contributed by atoms with E-state index in [1.807, 2.05) is 19.1 Å². The molecule has 0 saturated heterocycles. The molecule has 0 aliphatic heterocycles. The van der Waals surface area contributed by atoms with Crippen LogP contribution < -0.4 is 5.73 Å². The van der Waals surface area contributed by atoms with Gasteiger partial charge >= 0.3 is 0 Å². The van der Waals surface area contributed by atoms with Gasteiger partial charge in [0, 0.05) is 18.1 Å². The van der Waals surface area contributed by atoms with Crippen molar-refractivity contribution >= 4 is 21.4 Å². The SMILES string of the molecule is COC[C@@]1(N)[C@H](S(=O)(=O)c2ccc(C)cc2)[C@@H]1c1ccc(Cl)cc1. The maximum Gasteiger partial charge on any atom is 0.183 e. The van der Waals surface area contributed by atoms with Gasteiger partial charge in [-0.15, -0.1) is 0 Å². The molecule has 3 rings (SSSR count). The molecular weight excluding hydrogens is 346 g/mol. The molecule has 1 saturated carbocycles. The van der Waals surface area contributed by atoms with E-state index in [1.165, 1.54) is 7.11 Å². The Hall–Kier alpha value is -1.40. The number of methoxy groups -OCH3 is 1. The minimum atomic E-state index is -3.56. The number of benzene rings is 2. The number of nitrogens with two attached hydrogens (primary N) is 1. The monoisotopic (exact) mass is 365 g/mol. The number of ether oxygens (including phenoxy) is 1. The molecule has 2 N–H and O–H groups in total. The van der Waals surface area contributed by atoms with Crippen LogP contribution in [0.15, 0.2) is 53.4 Å². The van der Waals surface area contributed by atoms with Gasteiger partial charge in [-0.1, -0.05) is 41.4 Å². The highest BCUT2D eigenvalue weighted by atomic mass is 35.5. The van der Waals surface area contributed by atoms with Crippen LogP contribution in [0.5, 0.6) is 0 Å². The van der Waals surface area contributed by atoms with Crippen molar-refractivity contribution in [2.45, 2.75) is 28.5 Å². The largest absolute Gasteiger partial charge is 0.383 e. The molecule has 0 bridgehead atoms. The zero-order chi connectivity index (χ0) is 17.5. The van der Waals surface area contributed by atoms with Gasteiger partial charge in [-0.2, -0.15) is 0 Å². The maximum atomic E-state index is 13.1. The molecule has 128 valence electrons. The molecule has 4 nitrogen and oxygen atoms in total. The fraction of sp³-hybridized carbons (Fsp3) is 0.333. The number of rotatable bonds is 5. The van der Waals surface area contributed by atoms with Crippen molar-refractivity contribution in [2.75, 3.05) is 13.7 Å². The summed E-state index contributed by atoms with van der Waals surface area (Å²) in [6, 6.07) is 14.0. The van der Waals surface area contributed by atoms with Crippen LogP contribution in [0.2, 0.25) is 5.02 Å². The zero-order valence-corrected chi connectivity index (χ0v) is 15.1. The first-order valence-electron chi connectivity index (χ1n) is 7.64. The van der Waals surface area contributed by atoms with Gasteiger partial charge in [-0.25, -0.2) is 8.42 Å². The highest BCUT2D eigenvalue weighted by Gasteiger charge is 2.69. The van der Waals surface area contributed by atoms with E-state index in [1.54, 1.807) is 36.4 Å². The van der Waals surface area contributed by atoms with Crippen LogP contribution in [0.1, 0.15) is 17.0 Å². The summed E-state index contributed by atoms with van der Waals surface area (Å²) in [4.78, 5) is 0.292. The predicted octanol–water partition coefficient (Wildman–Crippen LogP) is 2.93. The van der Waals surface area contributed by atoms with Crippen LogP contribution in [-0.2, 0) is 14.6 Å². The second-order valence-corrected chi connectivity index (χ2v) is 8.86. The molecule has 0 radical (unpaired) electrons. The summed E-state index contributed by atoms with van der Waals surface area (Å²) in [6.07, 6.45) is 0. The lowest BCUT2D eigenvalue weighted by molar-refractivity contribution is 0.171. The predicted molar refractivity (Wildman–Crippen MR) is 95.1 cm³/mol. The summed E-state index contributed by atoms with van der Waals surface area (Å²) < 4.78 is 31.4. The van der Waals surface area contributed by atoms with E-state index in [0.29, 0.717) is 9.92 Å². The van der Waals surface area contributed by atoms with Crippen LogP contribution >= 0.6 is 11.6 Å². The number of halogens is 1. The molecule has 0 amide bonds. The van der Waals surface area contributed by atoms with Crippen LogP contribution in [0, 0.1) is 6.92 Å². The summed E-state index contributed by atoms with van der Waals surface area (Å²) in [5.41, 5.74) is 7.36. The Labute approximate surface area is 147 Å². The minimum Gasteiger partial charge on any atom is -0.383 e. The number of sulfone groups is 1. The Morgan fingerprint density at radius 2 is 1.71 bits per heavy atom. The summed E-state index contributed by atoms with van der Waals surface area (Å²) >= 11 is 5.93. The molecule has 0 unspecified atom stereocenters. The second kappa shape index (κ2) is 6.15. The molecule has 1 fully saturated rings. The topological polar surface area (TPSA) is 69.4 Å². The Morgan fingerprint density at radius 1 is 1.12 bits per heavy atom. The maximum absolute atomic E-state index is 13.1. The molecular formula is C18H20ClNO3S. The molecule has 2 aromatic rings. The third-order valence-corrected chi connectivity index (χ3v) is 7.17.